The van der Waals surface area contributed by atoms with Crippen LogP contribution >= 0.6 is 0 Å². The smallest absolute Gasteiger partial charge is 0.0664 e. The molecule has 82 valence electrons. The van der Waals surface area contributed by atoms with E-state index in [-0.39, 0.29) is 11.2 Å². The van der Waals surface area contributed by atoms with Crippen molar-refractivity contribution < 1.29 is 4.74 Å². The first-order valence-electron chi connectivity index (χ1n) is 5.77. The van der Waals surface area contributed by atoms with E-state index >= 15 is 0 Å². The standard InChI is InChI=1S/C13H24O/c1-12(2,3)14-13(4)10-8-6-5-7-9-11-13/h5-6H,7-11H2,1-4H3/b6-5-. The maximum atomic E-state index is 6.17. The van der Waals surface area contributed by atoms with E-state index in [1.807, 2.05) is 0 Å². The normalized spacial score (nSPS) is 32.0. The Morgan fingerprint density at radius 3 is 2.36 bits per heavy atom. The molecule has 1 nitrogen and oxygen atoms in total. The largest absolute Gasteiger partial charge is 0.370 e. The summed E-state index contributed by atoms with van der Waals surface area (Å²) in [7, 11) is 0. The minimum Gasteiger partial charge on any atom is -0.370 e. The van der Waals surface area contributed by atoms with Crippen LogP contribution in [0.15, 0.2) is 12.2 Å². The van der Waals surface area contributed by atoms with E-state index < -0.39 is 0 Å². The number of ether oxygens (including phenoxy) is 1. The molecule has 1 aliphatic rings. The molecule has 0 fully saturated rings. The minimum atomic E-state index is -0.0162. The lowest BCUT2D eigenvalue weighted by Gasteiger charge is -2.37. The highest BCUT2D eigenvalue weighted by Crippen LogP contribution is 2.31. The van der Waals surface area contributed by atoms with Crippen molar-refractivity contribution >= 4 is 0 Å². The van der Waals surface area contributed by atoms with Crippen molar-refractivity contribution in [1.29, 1.82) is 0 Å². The van der Waals surface area contributed by atoms with Gasteiger partial charge in [0.05, 0.1) is 11.2 Å². The molecule has 1 unspecified atom stereocenters. The van der Waals surface area contributed by atoms with Crippen molar-refractivity contribution in [2.75, 3.05) is 0 Å². The van der Waals surface area contributed by atoms with Crippen LogP contribution in [-0.4, -0.2) is 11.2 Å². The van der Waals surface area contributed by atoms with Crippen LogP contribution in [-0.2, 0) is 4.74 Å². The average molecular weight is 196 g/mol. The van der Waals surface area contributed by atoms with E-state index in [4.69, 9.17) is 4.74 Å². The fraction of sp³-hybridized carbons (Fsp3) is 0.846. The lowest BCUT2D eigenvalue weighted by Crippen LogP contribution is -2.37. The summed E-state index contributed by atoms with van der Waals surface area (Å²) < 4.78 is 6.17. The third-order valence-electron chi connectivity index (χ3n) is 2.64. The molecule has 0 aromatic carbocycles. The molecule has 0 heterocycles. The van der Waals surface area contributed by atoms with Crippen LogP contribution in [0.5, 0.6) is 0 Å². The Bertz CT molecular complexity index is 200. The van der Waals surface area contributed by atoms with Crippen molar-refractivity contribution in [3.8, 4) is 0 Å². The summed E-state index contributed by atoms with van der Waals surface area (Å²) >= 11 is 0. The lowest BCUT2D eigenvalue weighted by molar-refractivity contribution is -0.130. The lowest BCUT2D eigenvalue weighted by atomic mass is 9.90. The van der Waals surface area contributed by atoms with Crippen molar-refractivity contribution in [3.05, 3.63) is 12.2 Å². The van der Waals surface area contributed by atoms with E-state index in [9.17, 15) is 0 Å². The Labute approximate surface area is 88.5 Å². The van der Waals surface area contributed by atoms with Crippen LogP contribution in [0.25, 0.3) is 0 Å². The predicted octanol–water partition coefficient (Wildman–Crippen LogP) is 4.08. The molecule has 0 amide bonds. The maximum absolute atomic E-state index is 6.17. The first-order chi connectivity index (χ1) is 6.41. The molecule has 1 atom stereocenters. The van der Waals surface area contributed by atoms with Crippen LogP contribution in [0, 0.1) is 0 Å². The molecule has 0 aromatic rings. The summed E-state index contributed by atoms with van der Waals surface area (Å²) in [5.41, 5.74) is 0.0701. The molecule has 1 aliphatic carbocycles. The predicted molar refractivity (Wildman–Crippen MR) is 61.5 cm³/mol. The van der Waals surface area contributed by atoms with Gasteiger partial charge in [-0.3, -0.25) is 0 Å². The second kappa shape index (κ2) is 4.48. The molecule has 0 radical (unpaired) electrons. The highest BCUT2D eigenvalue weighted by Gasteiger charge is 2.29. The SMILES string of the molecule is CC(C)(C)OC1(C)CC/C=C\CCC1. The Morgan fingerprint density at radius 1 is 1.07 bits per heavy atom. The summed E-state index contributed by atoms with van der Waals surface area (Å²) in [6.07, 6.45) is 10.6. The van der Waals surface area contributed by atoms with Crippen LogP contribution in [0.4, 0.5) is 0 Å². The molecule has 14 heavy (non-hydrogen) atoms. The maximum Gasteiger partial charge on any atom is 0.0664 e. The molecule has 0 saturated carbocycles. The second-order valence-corrected chi connectivity index (χ2v) is 5.57. The fourth-order valence-corrected chi connectivity index (χ4v) is 2.18. The van der Waals surface area contributed by atoms with Crippen LogP contribution in [0.2, 0.25) is 0 Å². The van der Waals surface area contributed by atoms with Crippen LogP contribution < -0.4 is 0 Å². The van der Waals surface area contributed by atoms with Crippen molar-refractivity contribution in [2.45, 2.75) is 71.0 Å². The number of allylic oxidation sites excluding steroid dienone is 2. The van der Waals surface area contributed by atoms with Gasteiger partial charge in [0, 0.05) is 0 Å². The number of rotatable bonds is 1. The fourth-order valence-electron chi connectivity index (χ4n) is 2.18. The molecule has 0 spiro atoms. The third-order valence-corrected chi connectivity index (χ3v) is 2.64. The van der Waals surface area contributed by atoms with Gasteiger partial charge in [0.15, 0.2) is 0 Å². The van der Waals surface area contributed by atoms with Crippen LogP contribution in [0.3, 0.4) is 0 Å². The number of hydrogen-bond acceptors (Lipinski definition) is 1. The van der Waals surface area contributed by atoms with Crippen molar-refractivity contribution in [3.63, 3.8) is 0 Å². The summed E-state index contributed by atoms with van der Waals surface area (Å²) in [4.78, 5) is 0. The van der Waals surface area contributed by atoms with Crippen molar-refractivity contribution in [1.82, 2.24) is 0 Å². The topological polar surface area (TPSA) is 9.23 Å². The van der Waals surface area contributed by atoms with Gasteiger partial charge in [-0.15, -0.1) is 0 Å². The van der Waals surface area contributed by atoms with E-state index in [1.54, 1.807) is 0 Å². The molecule has 1 rings (SSSR count). The molecule has 0 bridgehead atoms. The van der Waals surface area contributed by atoms with Gasteiger partial charge in [-0.1, -0.05) is 12.2 Å². The Hall–Kier alpha value is -0.300. The first-order valence-corrected chi connectivity index (χ1v) is 5.77. The van der Waals surface area contributed by atoms with E-state index in [0.29, 0.717) is 0 Å². The van der Waals surface area contributed by atoms with Gasteiger partial charge in [-0.25, -0.2) is 0 Å². The summed E-state index contributed by atoms with van der Waals surface area (Å²) in [6.45, 7) is 8.70. The van der Waals surface area contributed by atoms with Crippen LogP contribution in [0.1, 0.15) is 59.8 Å². The Balaban J connectivity index is 2.57. The minimum absolute atomic E-state index is 0.0162. The van der Waals surface area contributed by atoms with Gasteiger partial charge in [-0.05, 0) is 59.8 Å². The monoisotopic (exact) mass is 196 g/mol. The molecule has 0 saturated heterocycles. The van der Waals surface area contributed by atoms with Gasteiger partial charge in [0.25, 0.3) is 0 Å². The van der Waals surface area contributed by atoms with Crippen molar-refractivity contribution in [2.24, 2.45) is 0 Å². The van der Waals surface area contributed by atoms with Gasteiger partial charge < -0.3 is 4.74 Å². The first kappa shape index (κ1) is 11.8. The molecule has 0 aliphatic heterocycles. The summed E-state index contributed by atoms with van der Waals surface area (Å²) in [5.74, 6) is 0. The highest BCUT2D eigenvalue weighted by atomic mass is 16.5. The average Bonchev–Trinajstić information content (AvgIpc) is 1.95. The zero-order valence-corrected chi connectivity index (χ0v) is 10.1. The summed E-state index contributed by atoms with van der Waals surface area (Å²) in [6, 6.07) is 0. The summed E-state index contributed by atoms with van der Waals surface area (Å²) in [5, 5.41) is 0. The van der Waals surface area contributed by atoms with Gasteiger partial charge >= 0.3 is 0 Å². The Kier molecular flexibility index (Phi) is 3.77. The molecule has 0 N–H and O–H groups in total. The zero-order valence-electron chi connectivity index (χ0n) is 10.1. The van der Waals surface area contributed by atoms with E-state index in [1.165, 1.54) is 19.3 Å². The molecular weight excluding hydrogens is 172 g/mol. The molecule has 1 heteroatoms. The zero-order chi connectivity index (χ0) is 10.7. The van der Waals surface area contributed by atoms with E-state index in [2.05, 4.69) is 39.8 Å². The quantitative estimate of drug-likeness (QED) is 0.574. The van der Waals surface area contributed by atoms with Gasteiger partial charge in [-0.2, -0.15) is 0 Å². The van der Waals surface area contributed by atoms with E-state index in [0.717, 1.165) is 12.8 Å². The number of hydrogen-bond donors (Lipinski definition) is 0. The second-order valence-electron chi connectivity index (χ2n) is 5.57. The Morgan fingerprint density at radius 2 is 1.71 bits per heavy atom. The highest BCUT2D eigenvalue weighted by molar-refractivity contribution is 4.90. The van der Waals surface area contributed by atoms with Gasteiger partial charge in [0.1, 0.15) is 0 Å². The third kappa shape index (κ3) is 4.28. The molecule has 0 aromatic heterocycles. The van der Waals surface area contributed by atoms with Gasteiger partial charge in [0.2, 0.25) is 0 Å². The molecular formula is C13H24O.